The van der Waals surface area contributed by atoms with E-state index in [9.17, 15) is 4.79 Å². The van der Waals surface area contributed by atoms with Crippen LogP contribution in [0.5, 0.6) is 0 Å². The van der Waals surface area contributed by atoms with Gasteiger partial charge in [-0.2, -0.15) is 0 Å². The van der Waals surface area contributed by atoms with E-state index in [4.69, 9.17) is 0 Å². The van der Waals surface area contributed by atoms with Gasteiger partial charge in [-0.05, 0) is 37.4 Å². The molecule has 4 nitrogen and oxygen atoms in total. The summed E-state index contributed by atoms with van der Waals surface area (Å²) in [4.78, 5) is 14.5. The molecule has 114 valence electrons. The van der Waals surface area contributed by atoms with Crippen molar-refractivity contribution in [2.75, 3.05) is 29.9 Å². The minimum atomic E-state index is -0.189. The number of benzene rings is 1. The van der Waals surface area contributed by atoms with Crippen LogP contribution in [0.2, 0.25) is 0 Å². The highest BCUT2D eigenvalue weighted by atomic mass is 16.2. The number of hydrogen-bond acceptors (Lipinski definition) is 3. The zero-order valence-electron chi connectivity index (χ0n) is 13.0. The molecule has 1 amide bonds. The topological polar surface area (TPSA) is 44.4 Å². The Labute approximate surface area is 126 Å². The normalized spacial score (nSPS) is 24.3. The first-order chi connectivity index (χ1) is 10.2. The summed E-state index contributed by atoms with van der Waals surface area (Å²) in [6.07, 6.45) is 3.88. The molecule has 0 saturated carbocycles. The summed E-state index contributed by atoms with van der Waals surface area (Å²) in [5.74, 6) is 0.890. The summed E-state index contributed by atoms with van der Waals surface area (Å²) in [6, 6.07) is 6.21. The fraction of sp³-hybridized carbons (Fsp3) is 0.588. The van der Waals surface area contributed by atoms with Crippen LogP contribution >= 0.6 is 0 Å². The zero-order chi connectivity index (χ0) is 14.8. The van der Waals surface area contributed by atoms with Crippen LogP contribution in [0.4, 0.5) is 11.4 Å². The summed E-state index contributed by atoms with van der Waals surface area (Å²) in [5.41, 5.74) is 3.29. The van der Waals surface area contributed by atoms with Crippen LogP contribution in [-0.2, 0) is 4.79 Å². The molecule has 1 aromatic rings. The lowest BCUT2D eigenvalue weighted by molar-refractivity contribution is -0.117. The molecule has 0 radical (unpaired) electrons. The minimum absolute atomic E-state index is 0.0641. The molecule has 0 spiro atoms. The van der Waals surface area contributed by atoms with Crippen molar-refractivity contribution in [2.45, 2.75) is 39.2 Å². The Hall–Kier alpha value is -1.55. The molecule has 2 aliphatic rings. The maximum absolute atomic E-state index is 12.0. The highest BCUT2D eigenvalue weighted by Crippen LogP contribution is 2.35. The van der Waals surface area contributed by atoms with Crippen LogP contribution in [0.3, 0.4) is 0 Å². The first-order valence-corrected chi connectivity index (χ1v) is 8.16. The summed E-state index contributed by atoms with van der Waals surface area (Å²) < 4.78 is 0. The smallest absolute Gasteiger partial charge is 0.246 e. The summed E-state index contributed by atoms with van der Waals surface area (Å²) in [7, 11) is 0. The molecule has 0 bridgehead atoms. The number of fused-ring (bicyclic) bond motifs is 1. The van der Waals surface area contributed by atoms with Crippen molar-refractivity contribution in [2.24, 2.45) is 5.92 Å². The third-order valence-electron chi connectivity index (χ3n) is 4.62. The first kappa shape index (κ1) is 14.4. The van der Waals surface area contributed by atoms with Crippen LogP contribution in [-0.4, -0.2) is 25.5 Å². The molecule has 2 unspecified atom stereocenters. The van der Waals surface area contributed by atoms with Crippen LogP contribution in [0.1, 0.15) is 44.7 Å². The fourth-order valence-corrected chi connectivity index (χ4v) is 3.56. The van der Waals surface area contributed by atoms with Crippen molar-refractivity contribution >= 4 is 17.3 Å². The Kier molecular flexibility index (Phi) is 4.15. The van der Waals surface area contributed by atoms with Crippen molar-refractivity contribution in [1.29, 1.82) is 0 Å². The van der Waals surface area contributed by atoms with Gasteiger partial charge in [0.05, 0.1) is 0 Å². The average Bonchev–Trinajstić information content (AvgIpc) is 3.05. The predicted octanol–water partition coefficient (Wildman–Crippen LogP) is 2.92. The number of hydrogen-bond donors (Lipinski definition) is 2. The number of amides is 1. The largest absolute Gasteiger partial charge is 0.371 e. The van der Waals surface area contributed by atoms with E-state index in [2.05, 4.69) is 40.7 Å². The lowest BCUT2D eigenvalue weighted by atomic mass is 10.0. The molecule has 0 aromatic heterocycles. The van der Waals surface area contributed by atoms with E-state index in [0.29, 0.717) is 0 Å². The van der Waals surface area contributed by atoms with E-state index in [1.807, 2.05) is 6.92 Å². The van der Waals surface area contributed by atoms with Gasteiger partial charge in [0.15, 0.2) is 0 Å². The second-order valence-corrected chi connectivity index (χ2v) is 6.14. The third-order valence-corrected chi connectivity index (χ3v) is 4.62. The first-order valence-electron chi connectivity index (χ1n) is 8.16. The van der Waals surface area contributed by atoms with E-state index >= 15 is 0 Å². The number of nitrogens with zero attached hydrogens (tertiary/aromatic N) is 1. The monoisotopic (exact) mass is 287 g/mol. The van der Waals surface area contributed by atoms with Crippen LogP contribution in [0, 0.1) is 5.92 Å². The summed E-state index contributed by atoms with van der Waals surface area (Å²) in [6.45, 7) is 7.36. The van der Waals surface area contributed by atoms with Gasteiger partial charge in [0.2, 0.25) is 5.91 Å². The molecule has 2 aliphatic heterocycles. The van der Waals surface area contributed by atoms with E-state index in [1.165, 1.54) is 24.9 Å². The van der Waals surface area contributed by atoms with E-state index in [1.54, 1.807) is 0 Å². The van der Waals surface area contributed by atoms with Crippen LogP contribution in [0.25, 0.3) is 0 Å². The van der Waals surface area contributed by atoms with Crippen molar-refractivity contribution < 1.29 is 4.79 Å². The number of rotatable bonds is 5. The maximum Gasteiger partial charge on any atom is 0.246 e. The van der Waals surface area contributed by atoms with E-state index < -0.39 is 0 Å². The van der Waals surface area contributed by atoms with Crippen LogP contribution < -0.4 is 15.5 Å². The molecule has 0 aliphatic carbocycles. The highest BCUT2D eigenvalue weighted by Gasteiger charge is 2.30. The Balaban J connectivity index is 1.76. The molecule has 1 aromatic carbocycles. The molecule has 1 fully saturated rings. The van der Waals surface area contributed by atoms with Gasteiger partial charge in [0.1, 0.15) is 6.04 Å². The molecule has 2 heterocycles. The van der Waals surface area contributed by atoms with Gasteiger partial charge >= 0.3 is 0 Å². The van der Waals surface area contributed by atoms with Gasteiger partial charge in [-0.1, -0.05) is 26.3 Å². The number of carbonyl (C=O) groups excluding carboxylic acids is 1. The van der Waals surface area contributed by atoms with Crippen molar-refractivity contribution in [1.82, 2.24) is 5.32 Å². The van der Waals surface area contributed by atoms with E-state index in [0.717, 1.165) is 36.8 Å². The second kappa shape index (κ2) is 6.06. The van der Waals surface area contributed by atoms with Gasteiger partial charge < -0.3 is 15.5 Å². The maximum atomic E-state index is 12.0. The quantitative estimate of drug-likeness (QED) is 0.875. The molecule has 21 heavy (non-hydrogen) atoms. The van der Waals surface area contributed by atoms with Crippen molar-refractivity contribution in [3.05, 3.63) is 23.8 Å². The van der Waals surface area contributed by atoms with Crippen molar-refractivity contribution in [3.63, 3.8) is 0 Å². The van der Waals surface area contributed by atoms with Gasteiger partial charge in [-0.3, -0.25) is 4.79 Å². The van der Waals surface area contributed by atoms with E-state index in [-0.39, 0.29) is 11.9 Å². The Bertz CT molecular complexity index is 529. The molecule has 3 rings (SSSR count). The standard InChI is InChI=1S/C17H25N3O/c1-3-5-12-8-9-20(11-12)13-6-7-14-15(10-13)19-17(21)16(14)18-4-2/h6-7,10,12,16,18H,3-5,8-9,11H2,1-2H3,(H,19,21). The zero-order valence-corrected chi connectivity index (χ0v) is 13.0. The molecule has 2 N–H and O–H groups in total. The Morgan fingerprint density at radius 1 is 1.38 bits per heavy atom. The molecule has 2 atom stereocenters. The summed E-state index contributed by atoms with van der Waals surface area (Å²) in [5, 5.41) is 6.24. The number of likely N-dealkylation sites (N-methyl/N-ethyl adjacent to an activating group) is 1. The lowest BCUT2D eigenvalue weighted by Crippen LogP contribution is -2.27. The predicted molar refractivity (Wildman–Crippen MR) is 86.7 cm³/mol. The lowest BCUT2D eigenvalue weighted by Gasteiger charge is -2.20. The number of nitrogens with one attached hydrogen (secondary N) is 2. The molecular weight excluding hydrogens is 262 g/mol. The molecule has 4 heteroatoms. The van der Waals surface area contributed by atoms with Gasteiger partial charge in [-0.25, -0.2) is 0 Å². The summed E-state index contributed by atoms with van der Waals surface area (Å²) >= 11 is 0. The van der Waals surface area contributed by atoms with Crippen molar-refractivity contribution in [3.8, 4) is 0 Å². The van der Waals surface area contributed by atoms with Gasteiger partial charge in [0.25, 0.3) is 0 Å². The Morgan fingerprint density at radius 3 is 3.00 bits per heavy atom. The number of anilines is 2. The van der Waals surface area contributed by atoms with Gasteiger partial charge in [0, 0.05) is 30.0 Å². The average molecular weight is 287 g/mol. The minimum Gasteiger partial charge on any atom is -0.371 e. The molecule has 1 saturated heterocycles. The Morgan fingerprint density at radius 2 is 2.24 bits per heavy atom. The fourth-order valence-electron chi connectivity index (χ4n) is 3.56. The highest BCUT2D eigenvalue weighted by molar-refractivity contribution is 6.03. The second-order valence-electron chi connectivity index (χ2n) is 6.14. The number of carbonyl (C=O) groups is 1. The van der Waals surface area contributed by atoms with Gasteiger partial charge in [-0.15, -0.1) is 0 Å². The SMILES string of the molecule is CCCC1CCN(c2ccc3c(c2)NC(=O)C3NCC)C1. The molecular formula is C17H25N3O. The third kappa shape index (κ3) is 2.77. The van der Waals surface area contributed by atoms with Crippen LogP contribution in [0.15, 0.2) is 18.2 Å².